The predicted octanol–water partition coefficient (Wildman–Crippen LogP) is 2.81. The van der Waals surface area contributed by atoms with Crippen molar-refractivity contribution in [2.45, 2.75) is 29.5 Å². The Balaban J connectivity index is 1.91. The van der Waals surface area contributed by atoms with E-state index < -0.39 is 4.92 Å². The zero-order chi connectivity index (χ0) is 19.4. The number of nitrogens with one attached hydrogen (secondary N) is 1. The molecule has 0 saturated carbocycles. The minimum atomic E-state index is -0.559. The maximum absolute atomic E-state index is 11.5. The van der Waals surface area contributed by atoms with Crippen LogP contribution in [-0.4, -0.2) is 44.6 Å². The van der Waals surface area contributed by atoms with Crippen LogP contribution in [0.3, 0.4) is 0 Å². The van der Waals surface area contributed by atoms with Crippen molar-refractivity contribution in [2.75, 3.05) is 18.5 Å². The monoisotopic (exact) mass is 410 g/mol. The second kappa shape index (κ2) is 8.26. The number of anilines is 1. The summed E-state index contributed by atoms with van der Waals surface area (Å²) in [5, 5.41) is 30.7. The summed E-state index contributed by atoms with van der Waals surface area (Å²) in [7, 11) is 0. The van der Waals surface area contributed by atoms with Crippen molar-refractivity contribution >= 4 is 51.5 Å². The fourth-order valence-electron chi connectivity index (χ4n) is 2.16. The number of fused-ring (bicyclic) bond motifs is 1. The zero-order valence-corrected chi connectivity index (χ0v) is 15.9. The molecule has 1 aromatic carbocycles. The van der Waals surface area contributed by atoms with E-state index in [1.165, 1.54) is 23.1 Å². The Morgan fingerprint density at radius 2 is 2.19 bits per heavy atom. The molecule has 3 rings (SSSR count). The van der Waals surface area contributed by atoms with E-state index in [0.717, 1.165) is 5.01 Å². The fourth-order valence-corrected chi connectivity index (χ4v) is 4.06. The van der Waals surface area contributed by atoms with Crippen LogP contribution in [0.1, 0.15) is 18.4 Å². The summed E-state index contributed by atoms with van der Waals surface area (Å²) in [6.45, 7) is 3.79. The summed E-state index contributed by atoms with van der Waals surface area (Å²) in [6, 6.07) is 1.58. The lowest BCUT2D eigenvalue weighted by atomic mass is 10.2. The number of hydrogen-bond acceptors (Lipinski definition) is 12. The molecule has 27 heavy (non-hydrogen) atoms. The van der Waals surface area contributed by atoms with Crippen LogP contribution in [-0.2, 0) is 9.53 Å². The van der Waals surface area contributed by atoms with Crippen LogP contribution in [0.25, 0.3) is 11.0 Å². The second-order valence-corrected chi connectivity index (χ2v) is 7.65. The van der Waals surface area contributed by atoms with Crippen molar-refractivity contribution in [3.8, 4) is 0 Å². The average Bonchev–Trinajstić information content (AvgIpc) is 3.27. The van der Waals surface area contributed by atoms with Crippen LogP contribution in [0.5, 0.6) is 0 Å². The molecule has 142 valence electrons. The van der Waals surface area contributed by atoms with E-state index in [1.807, 2.05) is 6.92 Å². The number of aryl methyl sites for hydroxylation is 1. The third-order valence-electron chi connectivity index (χ3n) is 3.33. The highest BCUT2D eigenvalue weighted by atomic mass is 32.2. The van der Waals surface area contributed by atoms with Crippen molar-refractivity contribution in [3.05, 3.63) is 21.2 Å². The lowest BCUT2D eigenvalue weighted by Gasteiger charge is -2.09. The van der Waals surface area contributed by atoms with Crippen LogP contribution in [0.2, 0.25) is 0 Å². The molecule has 0 atom stereocenters. The van der Waals surface area contributed by atoms with Crippen molar-refractivity contribution < 1.29 is 19.1 Å². The number of nitrogens with zero attached hydrogens (tertiary/aromatic N) is 5. The number of nitro groups is 1. The Hall–Kier alpha value is -2.80. The molecule has 13 heteroatoms. The molecule has 0 spiro atoms. The first-order valence-corrected chi connectivity index (χ1v) is 9.44. The summed E-state index contributed by atoms with van der Waals surface area (Å²) < 4.78 is 10.4. The number of carbonyl (C=O) groups excluding carboxylic acids is 1. The van der Waals surface area contributed by atoms with Gasteiger partial charge in [-0.15, -0.1) is 10.2 Å². The zero-order valence-electron chi connectivity index (χ0n) is 14.3. The van der Waals surface area contributed by atoms with Gasteiger partial charge in [-0.05, 0) is 23.3 Å². The van der Waals surface area contributed by atoms with Gasteiger partial charge < -0.3 is 10.1 Å². The number of esters is 1. The third kappa shape index (κ3) is 4.31. The normalized spacial score (nSPS) is 10.9. The molecule has 0 saturated heterocycles. The quantitative estimate of drug-likeness (QED) is 0.253. The molecular formula is C14H14N6O5S2. The lowest BCUT2D eigenvalue weighted by molar-refractivity contribution is -0.382. The highest BCUT2D eigenvalue weighted by molar-refractivity contribution is 8.01. The fraction of sp³-hybridized carbons (Fsp3) is 0.357. The van der Waals surface area contributed by atoms with Crippen molar-refractivity contribution in [1.82, 2.24) is 20.5 Å². The molecule has 3 aromatic rings. The first-order valence-electron chi connectivity index (χ1n) is 7.80. The van der Waals surface area contributed by atoms with Gasteiger partial charge in [-0.3, -0.25) is 14.9 Å². The minimum absolute atomic E-state index is 0.0271. The van der Waals surface area contributed by atoms with Gasteiger partial charge in [0.1, 0.15) is 17.3 Å². The van der Waals surface area contributed by atoms with Crippen LogP contribution in [0.4, 0.5) is 11.4 Å². The minimum Gasteiger partial charge on any atom is -0.464 e. The highest BCUT2D eigenvalue weighted by Gasteiger charge is 2.26. The summed E-state index contributed by atoms with van der Waals surface area (Å²) in [5.74, 6) is -0.342. The summed E-state index contributed by atoms with van der Waals surface area (Å²) >= 11 is 2.65. The summed E-state index contributed by atoms with van der Waals surface area (Å²) in [4.78, 5) is 22.8. The van der Waals surface area contributed by atoms with Gasteiger partial charge in [-0.2, -0.15) is 0 Å². The Morgan fingerprint density at radius 3 is 2.85 bits per heavy atom. The molecule has 0 radical (unpaired) electrons. The molecule has 0 fully saturated rings. The van der Waals surface area contributed by atoms with Crippen molar-refractivity contribution in [1.29, 1.82) is 0 Å². The predicted molar refractivity (Wildman–Crippen MR) is 97.0 cm³/mol. The van der Waals surface area contributed by atoms with Gasteiger partial charge in [0.25, 0.3) is 0 Å². The summed E-state index contributed by atoms with van der Waals surface area (Å²) in [6.07, 6.45) is 0.263. The first kappa shape index (κ1) is 19.0. The topological polar surface area (TPSA) is 146 Å². The molecule has 2 heterocycles. The van der Waals surface area contributed by atoms with Crippen molar-refractivity contribution in [2.24, 2.45) is 0 Å². The number of hydrogen-bond donors (Lipinski definition) is 1. The molecule has 0 unspecified atom stereocenters. The summed E-state index contributed by atoms with van der Waals surface area (Å²) in [5.41, 5.74) is 0.257. The Labute approximate surface area is 160 Å². The van der Waals surface area contributed by atoms with Crippen LogP contribution in [0.15, 0.2) is 19.9 Å². The highest BCUT2D eigenvalue weighted by Crippen LogP contribution is 2.41. The van der Waals surface area contributed by atoms with E-state index in [0.29, 0.717) is 9.24 Å². The molecule has 0 bridgehead atoms. The van der Waals surface area contributed by atoms with Crippen LogP contribution in [0, 0.1) is 17.0 Å². The molecule has 0 aliphatic carbocycles. The van der Waals surface area contributed by atoms with E-state index in [2.05, 4.69) is 25.8 Å². The SMILES string of the molecule is CCC(=O)OCCNc1cc(Sc2nnc(C)s2)c2nonc2c1[N+](=O)[O-]. The van der Waals surface area contributed by atoms with Gasteiger partial charge in [0.05, 0.1) is 4.92 Å². The van der Waals surface area contributed by atoms with Crippen molar-refractivity contribution in [3.63, 3.8) is 0 Å². The third-order valence-corrected chi connectivity index (χ3v) is 5.25. The maximum Gasteiger partial charge on any atom is 0.323 e. The molecule has 0 amide bonds. The number of ether oxygens (including phenoxy) is 1. The number of aromatic nitrogens is 4. The molecule has 2 aromatic heterocycles. The smallest absolute Gasteiger partial charge is 0.323 e. The largest absolute Gasteiger partial charge is 0.464 e. The van der Waals surface area contributed by atoms with Gasteiger partial charge in [-0.25, -0.2) is 4.63 Å². The lowest BCUT2D eigenvalue weighted by Crippen LogP contribution is -2.14. The van der Waals surface area contributed by atoms with E-state index >= 15 is 0 Å². The van der Waals surface area contributed by atoms with E-state index in [1.54, 1.807) is 13.0 Å². The molecule has 0 aliphatic rings. The molecule has 11 nitrogen and oxygen atoms in total. The van der Waals surface area contributed by atoms with E-state index in [4.69, 9.17) is 9.37 Å². The molecular weight excluding hydrogens is 396 g/mol. The first-order chi connectivity index (χ1) is 13.0. The Bertz CT molecular complexity index is 988. The van der Waals surface area contributed by atoms with Gasteiger partial charge >= 0.3 is 11.7 Å². The Morgan fingerprint density at radius 1 is 1.41 bits per heavy atom. The Kier molecular flexibility index (Phi) is 5.81. The van der Waals surface area contributed by atoms with E-state index in [9.17, 15) is 14.9 Å². The van der Waals surface area contributed by atoms with Gasteiger partial charge in [0.15, 0.2) is 9.86 Å². The van der Waals surface area contributed by atoms with Gasteiger partial charge in [0.2, 0.25) is 5.52 Å². The van der Waals surface area contributed by atoms with Gasteiger partial charge in [0, 0.05) is 17.9 Å². The second-order valence-electron chi connectivity index (χ2n) is 5.18. The van der Waals surface area contributed by atoms with Gasteiger partial charge in [-0.1, -0.05) is 30.0 Å². The maximum atomic E-state index is 11.5. The van der Waals surface area contributed by atoms with Crippen LogP contribution < -0.4 is 5.32 Å². The number of rotatable bonds is 8. The van der Waals surface area contributed by atoms with Crippen LogP contribution >= 0.6 is 23.1 Å². The van der Waals surface area contributed by atoms with E-state index in [-0.39, 0.29) is 47.9 Å². The standard InChI is InChI=1S/C14H14N6O5S2/c1-3-10(21)24-5-4-15-8-6-9(27-14-17-16-7(2)26-14)11-12(19-25-18-11)13(8)20(22)23/h6,15H,3-5H2,1-2H3. The number of benzene rings is 1. The molecule has 0 aliphatic heterocycles. The average molecular weight is 410 g/mol. The number of nitro benzene ring substituents is 1. The molecule has 1 N–H and O–H groups in total. The number of carbonyl (C=O) groups is 1.